The molecule has 0 radical (unpaired) electrons. The van der Waals surface area contributed by atoms with E-state index in [1.807, 2.05) is 0 Å². The molecule has 0 bridgehead atoms. The van der Waals surface area contributed by atoms with E-state index in [2.05, 4.69) is 5.10 Å². The number of carbonyl (C=O) groups is 1. The first-order valence-electron chi connectivity index (χ1n) is 4.71. The monoisotopic (exact) mass is 240 g/mol. The Morgan fingerprint density at radius 3 is 2.47 bits per heavy atom. The molecule has 0 N–H and O–H groups in total. The zero-order valence-electron chi connectivity index (χ0n) is 8.48. The topological polar surface area (TPSA) is 34.9 Å². The van der Waals surface area contributed by atoms with E-state index in [1.54, 1.807) is 12.1 Å². The highest BCUT2D eigenvalue weighted by atomic mass is 19.4. The first-order valence-corrected chi connectivity index (χ1v) is 4.71. The molecule has 6 heteroatoms. The highest BCUT2D eigenvalue weighted by Gasteiger charge is 2.40. The van der Waals surface area contributed by atoms with Crippen molar-refractivity contribution < 1.29 is 18.0 Å². The van der Waals surface area contributed by atoms with Crippen molar-refractivity contribution in [1.82, 2.24) is 9.78 Å². The average molecular weight is 240 g/mol. The van der Waals surface area contributed by atoms with Gasteiger partial charge in [-0.25, -0.2) is 4.68 Å². The Bertz CT molecular complexity index is 532. The summed E-state index contributed by atoms with van der Waals surface area (Å²) in [5.74, 6) is -1.87. The summed E-state index contributed by atoms with van der Waals surface area (Å²) < 4.78 is 38.4. The third kappa shape index (κ3) is 2.20. The van der Waals surface area contributed by atoms with Crippen molar-refractivity contribution in [3.63, 3.8) is 0 Å². The van der Waals surface area contributed by atoms with Crippen molar-refractivity contribution >= 4 is 5.78 Å². The molecule has 2 rings (SSSR count). The fourth-order valence-electron chi connectivity index (χ4n) is 1.43. The zero-order chi connectivity index (χ0) is 12.5. The lowest BCUT2D eigenvalue weighted by Crippen LogP contribution is -2.24. The zero-order valence-corrected chi connectivity index (χ0v) is 8.48. The van der Waals surface area contributed by atoms with Crippen LogP contribution in [0.1, 0.15) is 10.4 Å². The van der Waals surface area contributed by atoms with Crippen LogP contribution in [0.2, 0.25) is 0 Å². The maximum Gasteiger partial charge on any atom is 0.454 e. The molecular weight excluding hydrogens is 233 g/mol. The van der Waals surface area contributed by atoms with Gasteiger partial charge in [0, 0.05) is 12.4 Å². The highest BCUT2D eigenvalue weighted by molar-refractivity contribution is 6.03. The first-order chi connectivity index (χ1) is 8.00. The van der Waals surface area contributed by atoms with E-state index in [-0.39, 0.29) is 5.69 Å². The van der Waals surface area contributed by atoms with Crippen molar-refractivity contribution in [2.24, 2.45) is 0 Å². The Kier molecular flexibility index (Phi) is 2.71. The van der Waals surface area contributed by atoms with Crippen molar-refractivity contribution in [3.8, 4) is 5.69 Å². The fourth-order valence-corrected chi connectivity index (χ4v) is 1.43. The molecule has 0 saturated heterocycles. The van der Waals surface area contributed by atoms with Gasteiger partial charge in [0.05, 0.1) is 11.3 Å². The molecular formula is C11H7F3N2O. The quantitative estimate of drug-likeness (QED) is 0.756. The van der Waals surface area contributed by atoms with Crippen LogP contribution >= 0.6 is 0 Å². The Morgan fingerprint density at radius 2 is 1.88 bits per heavy atom. The SMILES string of the molecule is O=C(c1ccccc1-n1cccn1)C(F)(F)F. The van der Waals surface area contributed by atoms with E-state index in [0.29, 0.717) is 0 Å². The van der Waals surface area contributed by atoms with Gasteiger partial charge in [0.1, 0.15) is 0 Å². The molecule has 0 saturated carbocycles. The van der Waals surface area contributed by atoms with Gasteiger partial charge in [-0.2, -0.15) is 18.3 Å². The minimum atomic E-state index is -4.89. The smallest absolute Gasteiger partial charge is 0.284 e. The molecule has 0 amide bonds. The number of rotatable bonds is 2. The summed E-state index contributed by atoms with van der Waals surface area (Å²) >= 11 is 0. The van der Waals surface area contributed by atoms with Crippen LogP contribution in [0.15, 0.2) is 42.7 Å². The maximum atomic E-state index is 12.4. The molecule has 0 atom stereocenters. The Balaban J connectivity index is 2.53. The molecule has 88 valence electrons. The van der Waals surface area contributed by atoms with E-state index >= 15 is 0 Å². The number of hydrogen-bond acceptors (Lipinski definition) is 2. The van der Waals surface area contributed by atoms with Gasteiger partial charge >= 0.3 is 6.18 Å². The van der Waals surface area contributed by atoms with Gasteiger partial charge in [0.15, 0.2) is 0 Å². The third-order valence-corrected chi connectivity index (χ3v) is 2.16. The second kappa shape index (κ2) is 4.04. The second-order valence-corrected chi connectivity index (χ2v) is 3.29. The molecule has 0 aliphatic rings. The van der Waals surface area contributed by atoms with Gasteiger partial charge in [0.25, 0.3) is 5.78 Å². The lowest BCUT2D eigenvalue weighted by molar-refractivity contribution is -0.0885. The summed E-state index contributed by atoms with van der Waals surface area (Å²) in [7, 11) is 0. The molecule has 0 fully saturated rings. The van der Waals surface area contributed by atoms with E-state index in [4.69, 9.17) is 0 Å². The van der Waals surface area contributed by atoms with Gasteiger partial charge in [-0.3, -0.25) is 4.79 Å². The number of halogens is 3. The Hall–Kier alpha value is -2.11. The molecule has 1 aromatic heterocycles. The van der Waals surface area contributed by atoms with Crippen molar-refractivity contribution in [3.05, 3.63) is 48.3 Å². The fraction of sp³-hybridized carbons (Fsp3) is 0.0909. The molecule has 3 nitrogen and oxygen atoms in total. The number of benzene rings is 1. The lowest BCUT2D eigenvalue weighted by atomic mass is 10.1. The van der Waals surface area contributed by atoms with Crippen LogP contribution < -0.4 is 0 Å². The summed E-state index contributed by atoms with van der Waals surface area (Å²) in [5, 5.41) is 3.81. The summed E-state index contributed by atoms with van der Waals surface area (Å²) in [4.78, 5) is 11.2. The van der Waals surface area contributed by atoms with Crippen LogP contribution in [-0.4, -0.2) is 21.7 Å². The van der Waals surface area contributed by atoms with Crippen LogP contribution in [0.3, 0.4) is 0 Å². The minimum Gasteiger partial charge on any atom is -0.284 e. The van der Waals surface area contributed by atoms with Crippen molar-refractivity contribution in [2.45, 2.75) is 6.18 Å². The number of nitrogens with zero attached hydrogens (tertiary/aromatic N) is 2. The predicted molar refractivity (Wildman–Crippen MR) is 53.9 cm³/mol. The number of hydrogen-bond donors (Lipinski definition) is 0. The van der Waals surface area contributed by atoms with Crippen LogP contribution in [-0.2, 0) is 0 Å². The molecule has 1 aromatic carbocycles. The highest BCUT2D eigenvalue weighted by Crippen LogP contribution is 2.25. The third-order valence-electron chi connectivity index (χ3n) is 2.16. The van der Waals surface area contributed by atoms with Crippen LogP contribution in [0.25, 0.3) is 5.69 Å². The first kappa shape index (κ1) is 11.4. The minimum absolute atomic E-state index is 0.111. The van der Waals surface area contributed by atoms with Crippen LogP contribution in [0, 0.1) is 0 Å². The van der Waals surface area contributed by atoms with Gasteiger partial charge in [-0.15, -0.1) is 0 Å². The standard InChI is InChI=1S/C11H7F3N2O/c12-11(13,14)10(17)8-4-1-2-5-9(8)16-7-3-6-15-16/h1-7H. The number of Topliss-reactive ketones (excluding diaryl/α,β-unsaturated/α-hetero) is 1. The maximum absolute atomic E-state index is 12.4. The second-order valence-electron chi connectivity index (χ2n) is 3.29. The molecule has 0 unspecified atom stereocenters. The van der Waals surface area contributed by atoms with E-state index in [0.717, 1.165) is 6.07 Å². The molecule has 0 aliphatic heterocycles. The van der Waals surface area contributed by atoms with Gasteiger partial charge in [-0.1, -0.05) is 12.1 Å². The number of ketones is 1. The van der Waals surface area contributed by atoms with Gasteiger partial charge in [0.2, 0.25) is 0 Å². The van der Waals surface area contributed by atoms with Crippen molar-refractivity contribution in [2.75, 3.05) is 0 Å². The van der Waals surface area contributed by atoms with Crippen molar-refractivity contribution in [1.29, 1.82) is 0 Å². The van der Waals surface area contributed by atoms with Crippen LogP contribution in [0.4, 0.5) is 13.2 Å². The Labute approximate surface area is 94.5 Å². The summed E-state index contributed by atoms with van der Waals surface area (Å²) in [5.41, 5.74) is -0.302. The molecule has 0 spiro atoms. The molecule has 1 heterocycles. The lowest BCUT2D eigenvalue weighted by Gasteiger charge is -2.10. The number of para-hydroxylation sites is 1. The van der Waals surface area contributed by atoms with E-state index < -0.39 is 17.5 Å². The van der Waals surface area contributed by atoms with Crippen LogP contribution in [0.5, 0.6) is 0 Å². The number of carbonyl (C=O) groups excluding carboxylic acids is 1. The largest absolute Gasteiger partial charge is 0.454 e. The Morgan fingerprint density at radius 1 is 1.18 bits per heavy atom. The van der Waals surface area contributed by atoms with Gasteiger partial charge < -0.3 is 0 Å². The molecule has 2 aromatic rings. The number of alkyl halides is 3. The average Bonchev–Trinajstić information content (AvgIpc) is 2.80. The normalized spacial score (nSPS) is 11.5. The summed E-state index contributed by atoms with van der Waals surface area (Å²) in [6, 6.07) is 7.03. The van der Waals surface area contributed by atoms with Gasteiger partial charge in [-0.05, 0) is 18.2 Å². The summed E-state index contributed by atoms with van der Waals surface area (Å²) in [6.45, 7) is 0. The van der Waals surface area contributed by atoms with E-state index in [9.17, 15) is 18.0 Å². The van der Waals surface area contributed by atoms with E-state index in [1.165, 1.54) is 29.2 Å². The predicted octanol–water partition coefficient (Wildman–Crippen LogP) is 2.62. The summed E-state index contributed by atoms with van der Waals surface area (Å²) in [6.07, 6.45) is -1.99. The number of aromatic nitrogens is 2. The molecule has 0 aliphatic carbocycles. The molecule has 17 heavy (non-hydrogen) atoms.